The number of carbonyl (C=O) groups excluding carboxylic acids is 1. The number of carbonyl (C=O) groups is 1. The van der Waals surface area contributed by atoms with E-state index in [0.717, 1.165) is 44.4 Å². The number of benzene rings is 2. The van der Waals surface area contributed by atoms with Crippen LogP contribution in [0.4, 0.5) is 23.0 Å². The molecule has 2 aliphatic rings. The van der Waals surface area contributed by atoms with Crippen LogP contribution in [0, 0.1) is 10.1 Å². The predicted octanol–water partition coefficient (Wildman–Crippen LogP) is 3.62. The number of rotatable bonds is 3. The van der Waals surface area contributed by atoms with Crippen molar-refractivity contribution in [1.29, 1.82) is 0 Å². The van der Waals surface area contributed by atoms with E-state index in [9.17, 15) is 14.9 Å². The minimum Gasteiger partial charge on any atom is -0.366 e. The second-order valence-electron chi connectivity index (χ2n) is 8.25. The summed E-state index contributed by atoms with van der Waals surface area (Å²) < 4.78 is 0. The van der Waals surface area contributed by atoms with Crippen molar-refractivity contribution in [2.24, 2.45) is 0 Å². The highest BCUT2D eigenvalue weighted by Crippen LogP contribution is 2.34. The molecule has 0 radical (unpaired) electrons. The van der Waals surface area contributed by atoms with Gasteiger partial charge in [-0.3, -0.25) is 19.8 Å². The van der Waals surface area contributed by atoms with Gasteiger partial charge in [-0.2, -0.15) is 0 Å². The van der Waals surface area contributed by atoms with Gasteiger partial charge in [0.15, 0.2) is 11.6 Å². The molecule has 0 unspecified atom stereocenters. The average molecular weight is 432 g/mol. The van der Waals surface area contributed by atoms with Gasteiger partial charge in [0.05, 0.1) is 16.0 Å². The predicted molar refractivity (Wildman–Crippen MR) is 124 cm³/mol. The minimum atomic E-state index is -0.401. The molecule has 1 fully saturated rings. The molecule has 9 heteroatoms. The average Bonchev–Trinajstić information content (AvgIpc) is 3.29. The fraction of sp³-hybridized carbons (Fsp3) is 0.348. The summed E-state index contributed by atoms with van der Waals surface area (Å²) in [7, 11) is 1.94. The van der Waals surface area contributed by atoms with Gasteiger partial charge in [0.2, 0.25) is 0 Å². The third kappa shape index (κ3) is 3.49. The Labute approximate surface area is 185 Å². The zero-order chi connectivity index (χ0) is 22.2. The summed E-state index contributed by atoms with van der Waals surface area (Å²) in [6, 6.07) is 12.3. The first-order chi connectivity index (χ1) is 15.5. The van der Waals surface area contributed by atoms with E-state index in [0.29, 0.717) is 29.4 Å². The molecule has 1 saturated heterocycles. The van der Waals surface area contributed by atoms with Crippen LogP contribution >= 0.6 is 0 Å². The number of nitro benzene ring substituents is 1. The lowest BCUT2D eigenvalue weighted by molar-refractivity contribution is -0.384. The Bertz CT molecular complexity index is 1210. The van der Waals surface area contributed by atoms with E-state index in [4.69, 9.17) is 9.97 Å². The molecule has 0 bridgehead atoms. The van der Waals surface area contributed by atoms with Gasteiger partial charge in [-0.15, -0.1) is 0 Å². The van der Waals surface area contributed by atoms with Crippen molar-refractivity contribution in [3.05, 3.63) is 58.1 Å². The van der Waals surface area contributed by atoms with Crippen molar-refractivity contribution in [3.63, 3.8) is 0 Å². The van der Waals surface area contributed by atoms with Crippen molar-refractivity contribution in [2.75, 3.05) is 47.9 Å². The fourth-order valence-corrected chi connectivity index (χ4v) is 4.48. The van der Waals surface area contributed by atoms with Gasteiger partial charge >= 0.3 is 0 Å². The second kappa shape index (κ2) is 8.07. The van der Waals surface area contributed by atoms with Gasteiger partial charge in [0, 0.05) is 44.9 Å². The Hall–Kier alpha value is -3.75. The number of para-hydroxylation sites is 2. The monoisotopic (exact) mass is 432 g/mol. The molecule has 9 nitrogen and oxygen atoms in total. The van der Waals surface area contributed by atoms with E-state index in [1.165, 1.54) is 6.07 Å². The molecule has 0 spiro atoms. The number of anilines is 3. The van der Waals surface area contributed by atoms with Crippen LogP contribution in [0.25, 0.3) is 11.0 Å². The zero-order valence-corrected chi connectivity index (χ0v) is 17.9. The first-order valence-corrected chi connectivity index (χ1v) is 10.9. The maximum atomic E-state index is 13.6. The van der Waals surface area contributed by atoms with Crippen molar-refractivity contribution < 1.29 is 9.72 Å². The molecule has 0 atom stereocenters. The van der Waals surface area contributed by atoms with Crippen LogP contribution in [0.3, 0.4) is 0 Å². The smallest absolute Gasteiger partial charge is 0.293 e. The molecule has 1 amide bonds. The molecule has 1 aromatic heterocycles. The Balaban J connectivity index is 1.57. The summed E-state index contributed by atoms with van der Waals surface area (Å²) in [5, 5.41) is 11.8. The molecular weight excluding hydrogens is 408 g/mol. The number of aromatic nitrogens is 2. The Morgan fingerprint density at radius 1 is 0.938 bits per heavy atom. The SMILES string of the molecule is CN1CCCN(C(=O)c2ccc(N3CCCC3)c([N+](=O)[O-])c2)c2nc3ccccc3nc21. The summed E-state index contributed by atoms with van der Waals surface area (Å²) in [6.07, 6.45) is 2.77. The first-order valence-electron chi connectivity index (χ1n) is 10.9. The molecule has 32 heavy (non-hydrogen) atoms. The first kappa shape index (κ1) is 20.2. The zero-order valence-electron chi connectivity index (χ0n) is 17.9. The van der Waals surface area contributed by atoms with Crippen molar-refractivity contribution in [3.8, 4) is 0 Å². The van der Waals surface area contributed by atoms with Gasteiger partial charge in [0.25, 0.3) is 11.6 Å². The van der Waals surface area contributed by atoms with E-state index in [1.54, 1.807) is 17.0 Å². The molecule has 0 N–H and O–H groups in total. The maximum Gasteiger partial charge on any atom is 0.293 e. The highest BCUT2D eigenvalue weighted by molar-refractivity contribution is 6.08. The second-order valence-corrected chi connectivity index (χ2v) is 8.25. The number of nitro groups is 1. The molecule has 3 aromatic rings. The topological polar surface area (TPSA) is 95.7 Å². The van der Waals surface area contributed by atoms with Crippen LogP contribution in [0.2, 0.25) is 0 Å². The number of hydrogen-bond donors (Lipinski definition) is 0. The van der Waals surface area contributed by atoms with Gasteiger partial charge in [-0.05, 0) is 43.5 Å². The maximum absolute atomic E-state index is 13.6. The van der Waals surface area contributed by atoms with E-state index < -0.39 is 4.92 Å². The fourth-order valence-electron chi connectivity index (χ4n) is 4.48. The number of amides is 1. The lowest BCUT2D eigenvalue weighted by Crippen LogP contribution is -2.32. The van der Waals surface area contributed by atoms with Crippen LogP contribution < -0.4 is 14.7 Å². The van der Waals surface area contributed by atoms with Crippen LogP contribution in [0.1, 0.15) is 29.6 Å². The standard InChI is InChI=1S/C23H24N6O3/c1-26-11-6-14-28(22-21(26)24-17-7-2-3-8-18(17)25-22)23(30)16-9-10-19(20(15-16)29(31)32)27-12-4-5-13-27/h2-3,7-10,15H,4-6,11-14H2,1H3. The van der Waals surface area contributed by atoms with Crippen LogP contribution in [0.5, 0.6) is 0 Å². The third-order valence-corrected chi connectivity index (χ3v) is 6.14. The Kier molecular flexibility index (Phi) is 5.08. The van der Waals surface area contributed by atoms with Crippen molar-refractivity contribution >= 4 is 40.0 Å². The van der Waals surface area contributed by atoms with E-state index in [-0.39, 0.29) is 17.2 Å². The normalized spacial score (nSPS) is 16.2. The van der Waals surface area contributed by atoms with E-state index in [2.05, 4.69) is 0 Å². The van der Waals surface area contributed by atoms with Gasteiger partial charge in [-0.1, -0.05) is 12.1 Å². The number of fused-ring (bicyclic) bond motifs is 2. The van der Waals surface area contributed by atoms with E-state index in [1.807, 2.05) is 41.1 Å². The van der Waals surface area contributed by atoms with Gasteiger partial charge in [0.1, 0.15) is 5.69 Å². The minimum absolute atomic E-state index is 0.0329. The molecular formula is C23H24N6O3. The molecule has 2 aromatic carbocycles. The molecule has 3 heterocycles. The van der Waals surface area contributed by atoms with Gasteiger partial charge < -0.3 is 9.80 Å². The lowest BCUT2D eigenvalue weighted by atomic mass is 10.1. The summed E-state index contributed by atoms with van der Waals surface area (Å²) in [4.78, 5) is 40.1. The van der Waals surface area contributed by atoms with Crippen molar-refractivity contribution in [1.82, 2.24) is 9.97 Å². The summed E-state index contributed by atoms with van der Waals surface area (Å²) in [6.45, 7) is 2.79. The third-order valence-electron chi connectivity index (χ3n) is 6.14. The molecule has 5 rings (SSSR count). The quantitative estimate of drug-likeness (QED) is 0.461. The largest absolute Gasteiger partial charge is 0.366 e. The molecule has 164 valence electrons. The van der Waals surface area contributed by atoms with Crippen LogP contribution in [-0.4, -0.2) is 54.0 Å². The Morgan fingerprint density at radius 2 is 1.62 bits per heavy atom. The van der Waals surface area contributed by atoms with Crippen LogP contribution in [-0.2, 0) is 0 Å². The van der Waals surface area contributed by atoms with Crippen molar-refractivity contribution in [2.45, 2.75) is 19.3 Å². The highest BCUT2D eigenvalue weighted by Gasteiger charge is 2.30. The summed E-state index contributed by atoms with van der Waals surface area (Å²) in [5.74, 6) is 0.819. The Morgan fingerprint density at radius 3 is 2.31 bits per heavy atom. The number of hydrogen-bond acceptors (Lipinski definition) is 7. The molecule has 0 aliphatic carbocycles. The van der Waals surface area contributed by atoms with E-state index >= 15 is 0 Å². The van der Waals surface area contributed by atoms with Crippen LogP contribution in [0.15, 0.2) is 42.5 Å². The number of nitrogens with zero attached hydrogens (tertiary/aromatic N) is 6. The summed E-state index contributed by atoms with van der Waals surface area (Å²) in [5.41, 5.74) is 2.29. The van der Waals surface area contributed by atoms with Gasteiger partial charge in [-0.25, -0.2) is 9.97 Å². The summed E-state index contributed by atoms with van der Waals surface area (Å²) >= 11 is 0. The highest BCUT2D eigenvalue weighted by atomic mass is 16.6. The molecule has 2 aliphatic heterocycles. The molecule has 0 saturated carbocycles. The lowest BCUT2D eigenvalue weighted by Gasteiger charge is -2.23.